The normalized spacial score (nSPS) is 9.73. The third-order valence-electron chi connectivity index (χ3n) is 1.45. The fraction of sp³-hybridized carbons (Fsp3) is 0.250. The fourth-order valence-corrected chi connectivity index (χ4v) is 1.09. The van der Waals surface area contributed by atoms with Gasteiger partial charge in [-0.05, 0) is 16.8 Å². The molecule has 0 aliphatic heterocycles. The minimum atomic E-state index is -0.733. The van der Waals surface area contributed by atoms with Crippen molar-refractivity contribution in [1.29, 1.82) is 0 Å². The summed E-state index contributed by atoms with van der Waals surface area (Å²) in [6, 6.07) is 2.27. The lowest BCUT2D eigenvalue weighted by Crippen LogP contribution is -2.08. The molecule has 0 spiro atoms. The number of halogens is 1. The molecule has 0 unspecified atom stereocenters. The van der Waals surface area contributed by atoms with Gasteiger partial charge in [-0.1, -0.05) is 11.6 Å². The van der Waals surface area contributed by atoms with E-state index in [1.54, 1.807) is 6.92 Å². The van der Waals surface area contributed by atoms with Crippen molar-refractivity contribution < 1.29 is 14.5 Å². The Bertz CT molecular complexity index is 408. The molecule has 80 valence electrons. The van der Waals surface area contributed by atoms with Crippen LogP contribution in [0.1, 0.15) is 17.4 Å². The average molecular weight is 231 g/mol. The summed E-state index contributed by atoms with van der Waals surface area (Å²) in [6.45, 7) is 1.79. The van der Waals surface area contributed by atoms with Crippen LogP contribution in [0.5, 0.6) is 0 Å². The van der Waals surface area contributed by atoms with Gasteiger partial charge in [0.25, 0.3) is 5.69 Å². The molecule has 0 N–H and O–H groups in total. The van der Waals surface area contributed by atoms with Crippen LogP contribution in [0, 0.1) is 10.1 Å². The summed E-state index contributed by atoms with van der Waals surface area (Å²) >= 11 is 5.59. The van der Waals surface area contributed by atoms with Crippen molar-refractivity contribution in [2.45, 2.75) is 6.92 Å². The highest BCUT2D eigenvalue weighted by Gasteiger charge is 2.19. The quantitative estimate of drug-likeness (QED) is 0.449. The van der Waals surface area contributed by atoms with Crippen LogP contribution in [-0.2, 0) is 4.74 Å². The van der Waals surface area contributed by atoms with Gasteiger partial charge in [-0.15, -0.1) is 0 Å². The minimum absolute atomic E-state index is 0.0692. The van der Waals surface area contributed by atoms with E-state index < -0.39 is 16.7 Å². The number of pyridine rings is 1. The Hall–Kier alpha value is -1.69. The lowest BCUT2D eigenvalue weighted by Gasteiger charge is -1.98. The molecule has 1 aromatic rings. The summed E-state index contributed by atoms with van der Waals surface area (Å²) in [5.41, 5.74) is -0.170. The first kappa shape index (κ1) is 11.4. The maximum Gasteiger partial charge on any atom is 0.383 e. The molecule has 0 saturated heterocycles. The average Bonchev–Trinajstić information content (AvgIpc) is 2.17. The van der Waals surface area contributed by atoms with Crippen molar-refractivity contribution in [1.82, 2.24) is 4.98 Å². The van der Waals surface area contributed by atoms with Crippen molar-refractivity contribution in [3.63, 3.8) is 0 Å². The molecule has 15 heavy (non-hydrogen) atoms. The number of carbonyl (C=O) groups is 1. The van der Waals surface area contributed by atoms with Gasteiger partial charge in [-0.3, -0.25) is 0 Å². The zero-order valence-corrected chi connectivity index (χ0v) is 8.52. The van der Waals surface area contributed by atoms with Gasteiger partial charge in [-0.2, -0.15) is 0 Å². The second kappa shape index (κ2) is 4.70. The Labute approximate surface area is 90.0 Å². The summed E-state index contributed by atoms with van der Waals surface area (Å²) in [7, 11) is 0. The lowest BCUT2D eigenvalue weighted by molar-refractivity contribution is -0.389. The topological polar surface area (TPSA) is 82.3 Å². The van der Waals surface area contributed by atoms with Gasteiger partial charge < -0.3 is 14.9 Å². The largest absolute Gasteiger partial charge is 0.460 e. The Morgan fingerprint density at radius 1 is 1.67 bits per heavy atom. The van der Waals surface area contributed by atoms with E-state index in [-0.39, 0.29) is 17.3 Å². The maximum absolute atomic E-state index is 11.2. The zero-order chi connectivity index (χ0) is 11.4. The summed E-state index contributed by atoms with van der Waals surface area (Å²) in [6.07, 6.45) is 0. The molecule has 0 bridgehead atoms. The van der Waals surface area contributed by atoms with Gasteiger partial charge in [-0.25, -0.2) is 4.79 Å². The number of rotatable bonds is 3. The van der Waals surface area contributed by atoms with Crippen LogP contribution in [0.25, 0.3) is 0 Å². The molecule has 0 aliphatic carbocycles. The van der Waals surface area contributed by atoms with Crippen LogP contribution in [0.4, 0.5) is 5.82 Å². The third-order valence-corrected chi connectivity index (χ3v) is 1.67. The number of nitro groups is 1. The third kappa shape index (κ3) is 2.88. The van der Waals surface area contributed by atoms with Crippen molar-refractivity contribution >= 4 is 23.4 Å². The lowest BCUT2D eigenvalue weighted by atomic mass is 10.3. The van der Waals surface area contributed by atoms with Crippen molar-refractivity contribution in [3.05, 3.63) is 33.0 Å². The molecule has 1 heterocycles. The second-order valence-electron chi connectivity index (χ2n) is 2.51. The van der Waals surface area contributed by atoms with E-state index in [2.05, 4.69) is 9.72 Å². The van der Waals surface area contributed by atoms with Gasteiger partial charge in [0.1, 0.15) is 0 Å². The molecule has 7 heteroatoms. The predicted molar refractivity (Wildman–Crippen MR) is 51.9 cm³/mol. The van der Waals surface area contributed by atoms with Crippen molar-refractivity contribution in [2.24, 2.45) is 0 Å². The van der Waals surface area contributed by atoms with Gasteiger partial charge in [0.05, 0.1) is 17.7 Å². The first-order valence-electron chi connectivity index (χ1n) is 4.03. The van der Waals surface area contributed by atoms with Crippen molar-refractivity contribution in [2.75, 3.05) is 6.61 Å². The molecule has 6 nitrogen and oxygen atoms in total. The Kier molecular flexibility index (Phi) is 3.56. The SMILES string of the molecule is CCOC(=O)c1cc(Cl)cc([N+](=O)[O-])n1. The van der Waals surface area contributed by atoms with Crippen LogP contribution >= 0.6 is 11.6 Å². The van der Waals surface area contributed by atoms with Crippen LogP contribution in [0.3, 0.4) is 0 Å². The molecule has 0 fully saturated rings. The monoisotopic (exact) mass is 230 g/mol. The van der Waals surface area contributed by atoms with Gasteiger partial charge >= 0.3 is 11.8 Å². The number of carbonyl (C=O) groups excluding carboxylic acids is 1. The van der Waals surface area contributed by atoms with Crippen LogP contribution in [-0.4, -0.2) is 22.5 Å². The molecule has 0 atom stereocenters. The number of esters is 1. The van der Waals surface area contributed by atoms with Crippen LogP contribution in [0.15, 0.2) is 12.1 Å². The highest BCUT2D eigenvalue weighted by atomic mass is 35.5. The Morgan fingerprint density at radius 3 is 2.87 bits per heavy atom. The van der Waals surface area contributed by atoms with E-state index in [1.165, 1.54) is 6.07 Å². The molecular weight excluding hydrogens is 224 g/mol. The minimum Gasteiger partial charge on any atom is -0.460 e. The number of hydrogen-bond donors (Lipinski definition) is 0. The van der Waals surface area contributed by atoms with Gasteiger partial charge in [0.15, 0.2) is 0 Å². The number of aromatic nitrogens is 1. The predicted octanol–water partition coefficient (Wildman–Crippen LogP) is 1.82. The molecule has 0 amide bonds. The van der Waals surface area contributed by atoms with E-state index in [4.69, 9.17) is 11.6 Å². The highest BCUT2D eigenvalue weighted by molar-refractivity contribution is 6.31. The maximum atomic E-state index is 11.2. The smallest absolute Gasteiger partial charge is 0.383 e. The van der Waals surface area contributed by atoms with E-state index in [1.807, 2.05) is 0 Å². The highest BCUT2D eigenvalue weighted by Crippen LogP contribution is 2.17. The second-order valence-corrected chi connectivity index (χ2v) is 2.94. The van der Waals surface area contributed by atoms with E-state index >= 15 is 0 Å². The molecule has 0 radical (unpaired) electrons. The van der Waals surface area contributed by atoms with Crippen LogP contribution in [0.2, 0.25) is 5.02 Å². The molecule has 1 rings (SSSR count). The first-order valence-corrected chi connectivity index (χ1v) is 4.41. The number of nitrogens with zero attached hydrogens (tertiary/aromatic N) is 2. The zero-order valence-electron chi connectivity index (χ0n) is 7.77. The Morgan fingerprint density at radius 2 is 2.33 bits per heavy atom. The molecule has 0 saturated carbocycles. The van der Waals surface area contributed by atoms with Gasteiger partial charge in [0.2, 0.25) is 0 Å². The van der Waals surface area contributed by atoms with Gasteiger partial charge in [0, 0.05) is 6.07 Å². The Balaban J connectivity index is 3.09. The van der Waals surface area contributed by atoms with E-state index in [0.29, 0.717) is 0 Å². The fourth-order valence-electron chi connectivity index (χ4n) is 0.887. The standard InChI is InChI=1S/C8H7ClN2O4/c1-2-15-8(12)6-3-5(9)4-7(10-6)11(13)14/h3-4H,2H2,1H3. The van der Waals surface area contributed by atoms with E-state index in [0.717, 1.165) is 6.07 Å². The first-order chi connectivity index (χ1) is 7.04. The molecule has 1 aromatic heterocycles. The van der Waals surface area contributed by atoms with Crippen molar-refractivity contribution in [3.8, 4) is 0 Å². The summed E-state index contributed by atoms with van der Waals surface area (Å²) in [5.74, 6) is -1.21. The number of hydrogen-bond acceptors (Lipinski definition) is 5. The molecular formula is C8H7ClN2O4. The van der Waals surface area contributed by atoms with E-state index in [9.17, 15) is 14.9 Å². The van der Waals surface area contributed by atoms with Crippen LogP contribution < -0.4 is 0 Å². The molecule has 0 aromatic carbocycles. The summed E-state index contributed by atoms with van der Waals surface area (Å²) < 4.78 is 4.63. The summed E-state index contributed by atoms with van der Waals surface area (Å²) in [4.78, 5) is 24.4. The molecule has 0 aliphatic rings. The summed E-state index contributed by atoms with van der Waals surface area (Å²) in [5, 5.41) is 10.5. The number of ether oxygens (including phenoxy) is 1.